The summed E-state index contributed by atoms with van der Waals surface area (Å²) in [6.07, 6.45) is 0.708. The highest BCUT2D eigenvalue weighted by molar-refractivity contribution is 5.97. The Labute approximate surface area is 134 Å². The Kier molecular flexibility index (Phi) is 5.01. The molecule has 23 heavy (non-hydrogen) atoms. The van der Waals surface area contributed by atoms with Crippen molar-refractivity contribution in [3.63, 3.8) is 0 Å². The highest BCUT2D eigenvalue weighted by atomic mass is 16.5. The molecule has 0 saturated heterocycles. The average molecular weight is 314 g/mol. The lowest BCUT2D eigenvalue weighted by Crippen LogP contribution is -2.12. The molecule has 0 unspecified atom stereocenters. The number of rotatable bonds is 6. The van der Waals surface area contributed by atoms with E-state index in [1.165, 1.54) is 7.11 Å². The first-order valence-corrected chi connectivity index (χ1v) is 7.05. The molecule has 0 aliphatic heterocycles. The number of phenols is 1. The number of Topliss-reactive ketones (excluding diaryl/α,β-unsaturated/α-hetero) is 1. The average Bonchev–Trinajstić information content (AvgIpc) is 2.56. The molecule has 0 fully saturated rings. The molecule has 2 aromatic carbocycles. The van der Waals surface area contributed by atoms with E-state index in [1.807, 2.05) is 0 Å². The molecule has 0 radical (unpaired) electrons. The summed E-state index contributed by atoms with van der Waals surface area (Å²) in [5, 5.41) is 9.75. The van der Waals surface area contributed by atoms with Crippen molar-refractivity contribution >= 4 is 12.1 Å². The van der Waals surface area contributed by atoms with Crippen LogP contribution >= 0.6 is 0 Å². The number of benzene rings is 2. The minimum atomic E-state index is -0.210. The third-order valence-corrected chi connectivity index (χ3v) is 3.50. The van der Waals surface area contributed by atoms with E-state index in [9.17, 15) is 14.7 Å². The summed E-state index contributed by atoms with van der Waals surface area (Å²) >= 11 is 0. The molecule has 0 aliphatic carbocycles. The Bertz CT molecular complexity index is 726. The second-order valence-electron chi connectivity index (χ2n) is 5.20. The molecule has 0 amide bonds. The zero-order valence-corrected chi connectivity index (χ0v) is 13.3. The molecular weight excluding hydrogens is 296 g/mol. The number of ketones is 1. The van der Waals surface area contributed by atoms with Gasteiger partial charge in [0.15, 0.2) is 23.9 Å². The van der Waals surface area contributed by atoms with E-state index in [-0.39, 0.29) is 18.1 Å². The summed E-state index contributed by atoms with van der Waals surface area (Å²) in [5.41, 5.74) is 2.22. The number of methoxy groups -OCH3 is 1. The van der Waals surface area contributed by atoms with E-state index in [0.29, 0.717) is 40.0 Å². The van der Waals surface area contributed by atoms with Crippen molar-refractivity contribution in [1.29, 1.82) is 0 Å². The maximum atomic E-state index is 12.3. The monoisotopic (exact) mass is 314 g/mol. The minimum Gasteiger partial charge on any atom is -0.507 e. The van der Waals surface area contributed by atoms with E-state index < -0.39 is 0 Å². The normalized spacial score (nSPS) is 10.2. The molecule has 5 heteroatoms. The molecular formula is C18H18O5. The third kappa shape index (κ3) is 3.69. The number of carbonyl (C=O) groups excluding carboxylic acids is 2. The van der Waals surface area contributed by atoms with E-state index >= 15 is 0 Å². The topological polar surface area (TPSA) is 72.8 Å². The number of aryl methyl sites for hydroxylation is 2. The van der Waals surface area contributed by atoms with Gasteiger partial charge in [-0.1, -0.05) is 0 Å². The zero-order valence-electron chi connectivity index (χ0n) is 13.3. The van der Waals surface area contributed by atoms with Gasteiger partial charge in [0.1, 0.15) is 12.0 Å². The van der Waals surface area contributed by atoms with Gasteiger partial charge < -0.3 is 14.6 Å². The van der Waals surface area contributed by atoms with Gasteiger partial charge in [0, 0.05) is 11.1 Å². The molecule has 1 N–H and O–H groups in total. The highest BCUT2D eigenvalue weighted by Crippen LogP contribution is 2.28. The van der Waals surface area contributed by atoms with Crippen molar-refractivity contribution < 1.29 is 24.2 Å². The second-order valence-corrected chi connectivity index (χ2v) is 5.20. The first-order valence-electron chi connectivity index (χ1n) is 7.05. The number of aldehydes is 1. The van der Waals surface area contributed by atoms with E-state index in [0.717, 1.165) is 0 Å². The van der Waals surface area contributed by atoms with E-state index in [2.05, 4.69) is 0 Å². The number of phenolic OH excluding ortho intramolecular Hbond substituents is 1. The summed E-state index contributed by atoms with van der Waals surface area (Å²) in [7, 11) is 1.46. The fourth-order valence-electron chi connectivity index (χ4n) is 2.22. The first kappa shape index (κ1) is 16.5. The molecule has 0 aliphatic rings. The fourth-order valence-corrected chi connectivity index (χ4v) is 2.22. The van der Waals surface area contributed by atoms with Crippen LogP contribution in [0.25, 0.3) is 0 Å². The Hall–Kier alpha value is -2.82. The van der Waals surface area contributed by atoms with Crippen LogP contribution in [0, 0.1) is 13.8 Å². The quantitative estimate of drug-likeness (QED) is 0.655. The van der Waals surface area contributed by atoms with E-state index in [1.54, 1.807) is 44.2 Å². The van der Waals surface area contributed by atoms with Crippen molar-refractivity contribution in [2.75, 3.05) is 13.7 Å². The lowest BCUT2D eigenvalue weighted by Gasteiger charge is -2.11. The van der Waals surface area contributed by atoms with Gasteiger partial charge in [0.2, 0.25) is 0 Å². The number of hydrogen-bond donors (Lipinski definition) is 1. The molecule has 2 rings (SSSR count). The predicted octanol–water partition coefficient (Wildman–Crippen LogP) is 3.09. The van der Waals surface area contributed by atoms with Crippen LogP contribution in [0.3, 0.4) is 0 Å². The van der Waals surface area contributed by atoms with Crippen LogP contribution in [0.5, 0.6) is 17.2 Å². The molecule has 0 spiro atoms. The van der Waals surface area contributed by atoms with Crippen LogP contribution in [-0.2, 0) is 0 Å². The van der Waals surface area contributed by atoms with E-state index in [4.69, 9.17) is 9.47 Å². The van der Waals surface area contributed by atoms with Gasteiger partial charge in [-0.15, -0.1) is 0 Å². The van der Waals surface area contributed by atoms with Crippen molar-refractivity contribution in [3.8, 4) is 17.2 Å². The van der Waals surface area contributed by atoms with Crippen LogP contribution in [0.1, 0.15) is 31.8 Å². The second kappa shape index (κ2) is 6.96. The maximum absolute atomic E-state index is 12.3. The molecule has 0 bridgehead atoms. The Balaban J connectivity index is 2.15. The van der Waals surface area contributed by atoms with Gasteiger partial charge in [0.25, 0.3) is 0 Å². The molecule has 120 valence electrons. The largest absolute Gasteiger partial charge is 0.507 e. The summed E-state index contributed by atoms with van der Waals surface area (Å²) in [4.78, 5) is 23.0. The predicted molar refractivity (Wildman–Crippen MR) is 85.8 cm³/mol. The van der Waals surface area contributed by atoms with Crippen LogP contribution < -0.4 is 9.47 Å². The maximum Gasteiger partial charge on any atom is 0.200 e. The van der Waals surface area contributed by atoms with Crippen molar-refractivity contribution in [2.24, 2.45) is 0 Å². The number of carbonyl (C=O) groups is 2. The lowest BCUT2D eigenvalue weighted by atomic mass is 10.0. The SMILES string of the molecule is COc1cc(C=O)ccc1OCC(=O)c1cc(C)c(O)c(C)c1. The van der Waals surface area contributed by atoms with Gasteiger partial charge in [-0.3, -0.25) is 9.59 Å². The molecule has 0 heterocycles. The number of ether oxygens (including phenoxy) is 2. The highest BCUT2D eigenvalue weighted by Gasteiger charge is 2.13. The van der Waals surface area contributed by atoms with Gasteiger partial charge in [-0.25, -0.2) is 0 Å². The number of hydrogen-bond acceptors (Lipinski definition) is 5. The van der Waals surface area contributed by atoms with Crippen molar-refractivity contribution in [2.45, 2.75) is 13.8 Å². The van der Waals surface area contributed by atoms with Crippen LogP contribution in [-0.4, -0.2) is 30.9 Å². The summed E-state index contributed by atoms with van der Waals surface area (Å²) in [5.74, 6) is 0.755. The zero-order chi connectivity index (χ0) is 17.0. The van der Waals surface area contributed by atoms with Crippen molar-refractivity contribution in [1.82, 2.24) is 0 Å². The van der Waals surface area contributed by atoms with Gasteiger partial charge >= 0.3 is 0 Å². The van der Waals surface area contributed by atoms with Crippen LogP contribution in [0.2, 0.25) is 0 Å². The molecule has 0 aromatic heterocycles. The molecule has 0 saturated carbocycles. The smallest absolute Gasteiger partial charge is 0.200 e. The van der Waals surface area contributed by atoms with Gasteiger partial charge in [0.05, 0.1) is 7.11 Å². The van der Waals surface area contributed by atoms with Crippen LogP contribution in [0.15, 0.2) is 30.3 Å². The summed E-state index contributed by atoms with van der Waals surface area (Å²) in [6.45, 7) is 3.31. The number of aromatic hydroxyl groups is 1. The van der Waals surface area contributed by atoms with Crippen LogP contribution in [0.4, 0.5) is 0 Å². The molecule has 0 atom stereocenters. The fraction of sp³-hybridized carbons (Fsp3) is 0.222. The van der Waals surface area contributed by atoms with Crippen molar-refractivity contribution in [3.05, 3.63) is 52.6 Å². The van der Waals surface area contributed by atoms with Gasteiger partial charge in [-0.2, -0.15) is 0 Å². The van der Waals surface area contributed by atoms with Gasteiger partial charge in [-0.05, 0) is 55.3 Å². The molecule has 2 aromatic rings. The minimum absolute atomic E-state index is 0.166. The standard InChI is InChI=1S/C18H18O5/c1-11-6-14(7-12(2)18(11)21)15(20)10-23-16-5-4-13(9-19)8-17(16)22-3/h4-9,21H,10H2,1-3H3. The molecule has 5 nitrogen and oxygen atoms in total. The lowest BCUT2D eigenvalue weighted by molar-refractivity contribution is 0.0918. The third-order valence-electron chi connectivity index (χ3n) is 3.50. The summed E-state index contributed by atoms with van der Waals surface area (Å²) in [6, 6.07) is 7.97. The Morgan fingerprint density at radius 1 is 1.13 bits per heavy atom. The first-order chi connectivity index (χ1) is 11.0. The Morgan fingerprint density at radius 3 is 2.35 bits per heavy atom. The summed E-state index contributed by atoms with van der Waals surface area (Å²) < 4.78 is 10.7. The Morgan fingerprint density at radius 2 is 1.78 bits per heavy atom.